The lowest BCUT2D eigenvalue weighted by molar-refractivity contribution is -0.137. The summed E-state index contributed by atoms with van der Waals surface area (Å²) in [7, 11) is 1.41. The van der Waals surface area contributed by atoms with Gasteiger partial charge in [0.2, 0.25) is 0 Å². The number of hydrogen-bond acceptors (Lipinski definition) is 14. The maximum absolute atomic E-state index is 12.2. The zero-order valence-corrected chi connectivity index (χ0v) is 20.6. The van der Waals surface area contributed by atoms with Gasteiger partial charge < -0.3 is 30.1 Å². The molecule has 1 fully saturated rings. The molecule has 0 aromatic carbocycles. The number of aromatic nitrogens is 10. The molecule has 0 saturated carbocycles. The monoisotopic (exact) mass is 534 g/mol. The molecule has 0 unspecified atom stereocenters. The molecule has 1 saturated heterocycles. The minimum atomic E-state index is -1.47. The summed E-state index contributed by atoms with van der Waals surface area (Å²) in [5, 5.41) is 38.9. The molecule has 200 valence electrons. The first-order valence-electron chi connectivity index (χ1n) is 11.8. The van der Waals surface area contributed by atoms with E-state index in [0.29, 0.717) is 28.5 Å². The number of nitrogens with one attached hydrogen (secondary N) is 2. The van der Waals surface area contributed by atoms with E-state index in [4.69, 9.17) is 9.26 Å². The van der Waals surface area contributed by atoms with Gasteiger partial charge in [-0.05, 0) is 6.92 Å². The van der Waals surface area contributed by atoms with Gasteiger partial charge >= 0.3 is 0 Å². The summed E-state index contributed by atoms with van der Waals surface area (Å²) < 4.78 is 13.8. The Bertz CT molecular complexity index is 1630. The molecule has 17 heteroatoms. The SMILES string of the molecule is CNC(=O)[C@H]1O[C@@H](n2cnc3c(NCc4cc(C)no4)nc(-n4cc(-c5cnccn5)nn4)nc32)[C@H](O)[C@@H]1O. The molecule has 17 nitrogen and oxygen atoms in total. The van der Waals surface area contributed by atoms with Gasteiger partial charge in [0.1, 0.15) is 23.6 Å². The lowest BCUT2D eigenvalue weighted by Gasteiger charge is -2.17. The van der Waals surface area contributed by atoms with Crippen LogP contribution in [-0.4, -0.2) is 91.1 Å². The molecule has 4 N–H and O–H groups in total. The van der Waals surface area contributed by atoms with E-state index in [1.807, 2.05) is 6.92 Å². The predicted molar refractivity (Wildman–Crippen MR) is 130 cm³/mol. The zero-order valence-electron chi connectivity index (χ0n) is 20.6. The number of amides is 1. The van der Waals surface area contributed by atoms with E-state index in [-0.39, 0.29) is 18.1 Å². The summed E-state index contributed by atoms with van der Waals surface area (Å²) in [5.41, 5.74) is 2.24. The Morgan fingerprint density at radius 1 is 1.15 bits per heavy atom. The molecule has 0 aliphatic carbocycles. The highest BCUT2D eigenvalue weighted by Crippen LogP contribution is 2.33. The number of hydrogen-bond donors (Lipinski definition) is 4. The van der Waals surface area contributed by atoms with Gasteiger partial charge in [0.25, 0.3) is 11.9 Å². The van der Waals surface area contributed by atoms with Crippen molar-refractivity contribution in [2.45, 2.75) is 38.0 Å². The maximum atomic E-state index is 12.2. The number of carbonyl (C=O) groups excluding carboxylic acids is 1. The summed E-state index contributed by atoms with van der Waals surface area (Å²) in [6, 6.07) is 1.78. The zero-order chi connectivity index (χ0) is 27.1. The third-order valence-electron chi connectivity index (χ3n) is 6.06. The first-order valence-corrected chi connectivity index (χ1v) is 11.8. The number of aryl methyl sites for hydroxylation is 1. The molecule has 6 heterocycles. The van der Waals surface area contributed by atoms with Crippen LogP contribution in [0.25, 0.3) is 28.5 Å². The normalized spacial score (nSPS) is 20.9. The van der Waals surface area contributed by atoms with E-state index in [9.17, 15) is 15.0 Å². The van der Waals surface area contributed by atoms with Crippen molar-refractivity contribution in [2.75, 3.05) is 12.4 Å². The van der Waals surface area contributed by atoms with Crippen LogP contribution in [0.15, 0.2) is 41.7 Å². The molecule has 6 rings (SSSR count). The van der Waals surface area contributed by atoms with Crippen molar-refractivity contribution in [3.05, 3.63) is 48.6 Å². The second-order valence-electron chi connectivity index (χ2n) is 8.67. The molecular weight excluding hydrogens is 512 g/mol. The van der Waals surface area contributed by atoms with Gasteiger partial charge in [0.05, 0.1) is 31.0 Å². The van der Waals surface area contributed by atoms with Crippen molar-refractivity contribution in [3.63, 3.8) is 0 Å². The van der Waals surface area contributed by atoms with E-state index in [0.717, 1.165) is 5.69 Å². The van der Waals surface area contributed by atoms with Crippen molar-refractivity contribution in [1.29, 1.82) is 0 Å². The second kappa shape index (κ2) is 9.78. The van der Waals surface area contributed by atoms with Gasteiger partial charge in [0, 0.05) is 25.5 Å². The number of fused-ring (bicyclic) bond motifs is 1. The van der Waals surface area contributed by atoms with Crippen LogP contribution in [0.5, 0.6) is 0 Å². The summed E-state index contributed by atoms with van der Waals surface area (Å²) in [4.78, 5) is 34.0. The highest BCUT2D eigenvalue weighted by Gasteiger charge is 2.47. The number of imidazole rings is 1. The minimum absolute atomic E-state index is 0.110. The first kappa shape index (κ1) is 24.5. The van der Waals surface area contributed by atoms with Crippen LogP contribution >= 0.6 is 0 Å². The summed E-state index contributed by atoms with van der Waals surface area (Å²) in [6.45, 7) is 2.05. The van der Waals surface area contributed by atoms with Gasteiger partial charge in [-0.2, -0.15) is 14.6 Å². The molecular formula is C22H22N12O5. The van der Waals surface area contributed by atoms with Gasteiger partial charge in [-0.1, -0.05) is 10.4 Å². The van der Waals surface area contributed by atoms with Crippen molar-refractivity contribution in [1.82, 2.24) is 55.0 Å². The fraction of sp³-hybridized carbons (Fsp3) is 0.318. The lowest BCUT2D eigenvalue weighted by Crippen LogP contribution is -2.41. The van der Waals surface area contributed by atoms with E-state index in [1.54, 1.807) is 24.7 Å². The largest absolute Gasteiger partial charge is 0.387 e. The molecule has 0 bridgehead atoms. The Hall–Kier alpha value is -4.87. The molecule has 39 heavy (non-hydrogen) atoms. The van der Waals surface area contributed by atoms with E-state index in [2.05, 4.69) is 51.0 Å². The summed E-state index contributed by atoms with van der Waals surface area (Å²) in [6.07, 6.45) is 2.25. The van der Waals surface area contributed by atoms with Crippen molar-refractivity contribution in [3.8, 4) is 17.3 Å². The van der Waals surface area contributed by atoms with Crippen LogP contribution in [0.4, 0.5) is 5.82 Å². The van der Waals surface area contributed by atoms with Crippen molar-refractivity contribution in [2.24, 2.45) is 0 Å². The van der Waals surface area contributed by atoms with Gasteiger partial charge in [-0.15, -0.1) is 5.10 Å². The van der Waals surface area contributed by atoms with Gasteiger partial charge in [-0.3, -0.25) is 19.3 Å². The third kappa shape index (κ3) is 4.43. The van der Waals surface area contributed by atoms with Crippen LogP contribution in [0.2, 0.25) is 0 Å². The van der Waals surface area contributed by atoms with E-state index in [1.165, 1.54) is 28.8 Å². The minimum Gasteiger partial charge on any atom is -0.387 e. The highest BCUT2D eigenvalue weighted by atomic mass is 16.6. The number of likely N-dealkylation sites (N-methyl/N-ethyl adjacent to an activating group) is 1. The van der Waals surface area contributed by atoms with E-state index < -0.39 is 30.4 Å². The lowest BCUT2D eigenvalue weighted by atomic mass is 10.1. The number of rotatable bonds is 7. The number of aliphatic hydroxyl groups excluding tert-OH is 2. The van der Waals surface area contributed by atoms with Crippen LogP contribution in [0.1, 0.15) is 17.7 Å². The standard InChI is InChI=1S/C22H22N12O5/c1-10-5-11(39-31-10)6-26-18-14-19(33(9-27-14)21-16(36)15(35)17(38-21)20(37)23-2)29-22(28-18)34-8-13(30-32-34)12-7-24-3-4-25-12/h3-5,7-9,15-17,21,35-36H,6H2,1-2H3,(H,23,37)(H,26,28,29)/t15-,16+,17-,21+/m0/s1. The van der Waals surface area contributed by atoms with Crippen LogP contribution in [0.3, 0.4) is 0 Å². The number of anilines is 1. The number of ether oxygens (including phenoxy) is 1. The molecule has 1 aliphatic heterocycles. The summed E-state index contributed by atoms with van der Waals surface area (Å²) in [5.74, 6) is 0.416. The number of nitrogens with zero attached hydrogens (tertiary/aromatic N) is 10. The third-order valence-corrected chi connectivity index (χ3v) is 6.06. The maximum Gasteiger partial charge on any atom is 0.256 e. The van der Waals surface area contributed by atoms with E-state index >= 15 is 0 Å². The molecule has 4 atom stereocenters. The number of carbonyl (C=O) groups is 1. The molecule has 0 radical (unpaired) electrons. The van der Waals surface area contributed by atoms with Crippen molar-refractivity contribution >= 4 is 22.9 Å². The number of aliphatic hydroxyl groups is 2. The van der Waals surface area contributed by atoms with Gasteiger partial charge in [-0.25, -0.2) is 4.98 Å². The Morgan fingerprint density at radius 3 is 2.77 bits per heavy atom. The molecule has 1 amide bonds. The Balaban J connectivity index is 1.42. The Labute approximate surface area is 218 Å². The average Bonchev–Trinajstić information content (AvgIpc) is 3.75. The summed E-state index contributed by atoms with van der Waals surface area (Å²) >= 11 is 0. The molecule has 5 aromatic rings. The predicted octanol–water partition coefficient (Wildman–Crippen LogP) is -0.862. The average molecular weight is 534 g/mol. The quantitative estimate of drug-likeness (QED) is 0.200. The Kier molecular flexibility index (Phi) is 6.14. The van der Waals surface area contributed by atoms with Crippen molar-refractivity contribution < 1.29 is 24.3 Å². The van der Waals surface area contributed by atoms with Gasteiger partial charge in [0.15, 0.2) is 35.1 Å². The second-order valence-corrected chi connectivity index (χ2v) is 8.67. The molecule has 0 spiro atoms. The highest BCUT2D eigenvalue weighted by molar-refractivity contribution is 5.84. The smallest absolute Gasteiger partial charge is 0.256 e. The van der Waals surface area contributed by atoms with Crippen LogP contribution in [-0.2, 0) is 16.1 Å². The fourth-order valence-electron chi connectivity index (χ4n) is 4.15. The topological polar surface area (TPSA) is 217 Å². The first-order chi connectivity index (χ1) is 18.9. The van der Waals surface area contributed by atoms with Crippen LogP contribution < -0.4 is 10.6 Å². The Morgan fingerprint density at radius 2 is 2.03 bits per heavy atom. The van der Waals surface area contributed by atoms with Crippen LogP contribution in [0, 0.1) is 6.92 Å². The molecule has 5 aromatic heterocycles. The molecule has 1 aliphatic rings. The fourth-order valence-corrected chi connectivity index (χ4v) is 4.15.